The highest BCUT2D eigenvalue weighted by molar-refractivity contribution is 5.76. The van der Waals surface area contributed by atoms with Gasteiger partial charge in [0.05, 0.1) is 0 Å². The molecule has 0 aromatic carbocycles. The van der Waals surface area contributed by atoms with Crippen molar-refractivity contribution in [3.05, 3.63) is 0 Å². The first kappa shape index (κ1) is 131. The van der Waals surface area contributed by atoms with Gasteiger partial charge >= 0.3 is 207 Å². The fourth-order valence-electron chi connectivity index (χ4n) is 0. The van der Waals surface area contributed by atoms with Crippen molar-refractivity contribution >= 4 is 207 Å². The second-order valence-corrected chi connectivity index (χ2v) is 0. The molecule has 60 valence electrons. The third kappa shape index (κ3) is 91.8. The van der Waals surface area contributed by atoms with Gasteiger partial charge in [-0.25, -0.2) is 0 Å². The van der Waals surface area contributed by atoms with E-state index in [1.54, 1.807) is 0 Å². The summed E-state index contributed by atoms with van der Waals surface area (Å²) in [4.78, 5) is 0. The molecular weight excluding hydrogens is 276 g/mol. The fourth-order valence-corrected chi connectivity index (χ4v) is 0. The lowest BCUT2D eigenvalue weighted by Crippen LogP contribution is -0.382. The minimum absolute atomic E-state index is 0. The van der Waals surface area contributed by atoms with Crippen LogP contribution in [0.3, 0.4) is 0 Å². The van der Waals surface area contributed by atoms with Gasteiger partial charge in [-0.05, 0) is 0 Å². The first-order chi connectivity index (χ1) is 0. The van der Waals surface area contributed by atoms with Crippen LogP contribution in [0.25, 0.3) is 0 Å². The lowest BCUT2D eigenvalue weighted by atomic mass is 19.0. The van der Waals surface area contributed by atoms with Crippen molar-refractivity contribution in [2.24, 2.45) is 0 Å². The highest BCUT2D eigenvalue weighted by Crippen LogP contribution is 0.422. The molecule has 0 amide bonds. The SMILES string of the molecule is F.F.F.[MgH2].[MgH2].[MgH2].[MgH2].[MgH2].[MgH2].[MgH2].[MgH2].[MgH2]. The molecule has 0 aliphatic rings. The largest absolute Gasteiger partial charge is 0.316 e. The Labute approximate surface area is 216 Å². The molecule has 0 aromatic heterocycles. The lowest BCUT2D eigenvalue weighted by Gasteiger charge is -0.270. The van der Waals surface area contributed by atoms with Crippen molar-refractivity contribution in [1.82, 2.24) is 0 Å². The summed E-state index contributed by atoms with van der Waals surface area (Å²) in [6.07, 6.45) is 0. The monoisotopic (exact) mass is 294 g/mol. The number of hydrogen-bond donors (Lipinski definition) is 0. The van der Waals surface area contributed by atoms with Crippen molar-refractivity contribution in [3.63, 3.8) is 0 Å². The second-order valence-electron chi connectivity index (χ2n) is 0. The summed E-state index contributed by atoms with van der Waals surface area (Å²) in [7, 11) is 0. The van der Waals surface area contributed by atoms with Crippen LogP contribution in [0.4, 0.5) is 14.1 Å². The van der Waals surface area contributed by atoms with Crippen LogP contribution in [-0.2, 0) is 0 Å². The highest BCUT2D eigenvalue weighted by Gasteiger charge is 0.324. The van der Waals surface area contributed by atoms with E-state index in [1.165, 1.54) is 0 Å². The quantitative estimate of drug-likeness (QED) is 0.390. The topological polar surface area (TPSA) is 0 Å². The third-order valence-corrected chi connectivity index (χ3v) is 0. The molecular formula is H21F3Mg9. The van der Waals surface area contributed by atoms with E-state index in [-0.39, 0.29) is 222 Å². The van der Waals surface area contributed by atoms with Gasteiger partial charge < -0.3 is 0 Å². The maximum Gasteiger partial charge on any atom is 0.316 e. The van der Waals surface area contributed by atoms with Crippen LogP contribution in [0.1, 0.15) is 0 Å². The Hall–Kier alpha value is 6.69. The first-order valence-electron chi connectivity index (χ1n) is 0. The third-order valence-electron chi connectivity index (χ3n) is 0. The number of halogens is 3. The average molecular weight is 297 g/mol. The Morgan fingerprint density at radius 1 is 0.167 bits per heavy atom. The summed E-state index contributed by atoms with van der Waals surface area (Å²) in [5, 5.41) is 0. The van der Waals surface area contributed by atoms with E-state index in [1.807, 2.05) is 0 Å². The molecule has 0 aromatic rings. The molecule has 0 aliphatic heterocycles. The van der Waals surface area contributed by atoms with E-state index in [9.17, 15) is 0 Å². The molecule has 0 unspecified atom stereocenters. The normalized spacial score (nSPS) is 0. The second kappa shape index (κ2) is 110. The molecule has 12 heavy (non-hydrogen) atoms. The van der Waals surface area contributed by atoms with Gasteiger partial charge in [0, 0.05) is 0 Å². The predicted molar refractivity (Wildman–Crippen MR) is 84.4 cm³/mol. The Morgan fingerprint density at radius 2 is 0.167 bits per heavy atom. The van der Waals surface area contributed by atoms with E-state index in [0.29, 0.717) is 0 Å². The molecule has 0 heterocycles. The van der Waals surface area contributed by atoms with Crippen LogP contribution in [0.15, 0.2) is 0 Å². The smallest absolute Gasteiger partial charge is 0.269 e. The standard InChI is InChI=1S/3FH.9Mg.18H/h3*1H;;;;;;;;;;;;;;;;;;;;;;;;;;;. The molecule has 0 atom stereocenters. The van der Waals surface area contributed by atoms with Gasteiger partial charge in [-0.3, -0.25) is 14.1 Å². The van der Waals surface area contributed by atoms with Crippen LogP contribution in [-0.4, -0.2) is 207 Å². The van der Waals surface area contributed by atoms with Gasteiger partial charge in [-0.2, -0.15) is 0 Å². The van der Waals surface area contributed by atoms with Gasteiger partial charge in [0.2, 0.25) is 0 Å². The van der Waals surface area contributed by atoms with E-state index < -0.39 is 0 Å². The highest BCUT2D eigenvalue weighted by atomic mass is 24.3. The Balaban J connectivity index is 0. The Morgan fingerprint density at radius 3 is 0.167 bits per heavy atom. The molecule has 0 saturated heterocycles. The molecule has 0 rings (SSSR count). The van der Waals surface area contributed by atoms with Crippen LogP contribution < -0.4 is 0 Å². The van der Waals surface area contributed by atoms with Crippen molar-refractivity contribution in [3.8, 4) is 0 Å². The van der Waals surface area contributed by atoms with Crippen molar-refractivity contribution < 1.29 is 14.1 Å². The van der Waals surface area contributed by atoms with Gasteiger partial charge in [0.1, 0.15) is 0 Å². The fraction of sp³-hybridized carbons (Fsp3) is 0. The van der Waals surface area contributed by atoms with Gasteiger partial charge in [0.15, 0.2) is 0 Å². The van der Waals surface area contributed by atoms with Gasteiger partial charge in [-0.15, -0.1) is 0 Å². The van der Waals surface area contributed by atoms with Crippen LogP contribution >= 0.6 is 0 Å². The zero-order valence-corrected chi connectivity index (χ0v) is 1.22. The van der Waals surface area contributed by atoms with Crippen LogP contribution in [0.2, 0.25) is 0 Å². The van der Waals surface area contributed by atoms with Gasteiger partial charge in [0.25, 0.3) is 0 Å². The minimum Gasteiger partial charge on any atom is -0.269 e. The maximum absolute atomic E-state index is 0. The summed E-state index contributed by atoms with van der Waals surface area (Å²) >= 11 is 0. The Bertz CT molecular complexity index is 9.74. The molecule has 0 radical (unpaired) electrons. The molecule has 0 aliphatic carbocycles. The zero-order chi connectivity index (χ0) is 0. The number of hydrogen-bond acceptors (Lipinski definition) is 0. The summed E-state index contributed by atoms with van der Waals surface area (Å²) in [5.74, 6) is 0. The summed E-state index contributed by atoms with van der Waals surface area (Å²) in [6.45, 7) is 0. The van der Waals surface area contributed by atoms with Crippen LogP contribution in [0.5, 0.6) is 0 Å². The molecule has 0 saturated carbocycles. The van der Waals surface area contributed by atoms with E-state index in [0.717, 1.165) is 0 Å². The van der Waals surface area contributed by atoms with E-state index in [2.05, 4.69) is 0 Å². The molecule has 0 fully saturated rings. The molecule has 0 bridgehead atoms. The summed E-state index contributed by atoms with van der Waals surface area (Å²) in [6, 6.07) is 0. The molecule has 0 N–H and O–H groups in total. The van der Waals surface area contributed by atoms with E-state index >= 15 is 0 Å². The first-order valence-corrected chi connectivity index (χ1v) is 0. The predicted octanol–water partition coefficient (Wildman–Crippen LogP) is -7.79. The van der Waals surface area contributed by atoms with Crippen molar-refractivity contribution in [1.29, 1.82) is 0 Å². The zero-order valence-electron chi connectivity index (χ0n) is 1.22. The van der Waals surface area contributed by atoms with Crippen LogP contribution in [0, 0.1) is 0 Å². The summed E-state index contributed by atoms with van der Waals surface area (Å²) in [5.41, 5.74) is 0. The van der Waals surface area contributed by atoms with Crippen molar-refractivity contribution in [2.45, 2.75) is 0 Å². The van der Waals surface area contributed by atoms with Gasteiger partial charge in [-0.1, -0.05) is 0 Å². The minimum atomic E-state index is 0. The molecule has 12 heteroatoms. The summed E-state index contributed by atoms with van der Waals surface area (Å²) < 4.78 is 0. The lowest BCUT2D eigenvalue weighted by molar-refractivity contribution is 1.11. The maximum atomic E-state index is 0. The van der Waals surface area contributed by atoms with Crippen molar-refractivity contribution in [2.75, 3.05) is 0 Å². The average Bonchev–Trinajstić information content (AvgIpc) is 0. The van der Waals surface area contributed by atoms with E-state index in [4.69, 9.17) is 0 Å². The molecule has 0 nitrogen and oxygen atoms in total. The molecule has 0 spiro atoms. The number of rotatable bonds is 0. The Kier molecular flexibility index (Phi) is 1200.